The van der Waals surface area contributed by atoms with Gasteiger partial charge in [0.1, 0.15) is 0 Å². The summed E-state index contributed by atoms with van der Waals surface area (Å²) in [6.07, 6.45) is 0. The third-order valence-electron chi connectivity index (χ3n) is 10.2. The number of rotatable bonds is 7. The van der Waals surface area contributed by atoms with Crippen LogP contribution in [-0.4, -0.2) is 15.0 Å². The third-order valence-corrected chi connectivity index (χ3v) is 10.2. The molecule has 0 fully saturated rings. The van der Waals surface area contributed by atoms with E-state index in [1.807, 2.05) is 36.4 Å². The summed E-state index contributed by atoms with van der Waals surface area (Å²) in [5.74, 6) is 0.690. The maximum atomic E-state index is 5.64. The fraction of sp³-hybridized carbons (Fsp3) is 0. The van der Waals surface area contributed by atoms with Crippen LogP contribution in [0.1, 0.15) is 0 Å². The van der Waals surface area contributed by atoms with E-state index in [-0.39, 0.29) is 0 Å². The Labute approximate surface area is 319 Å². The van der Waals surface area contributed by atoms with Gasteiger partial charge in [-0.05, 0) is 53.2 Å². The predicted molar refractivity (Wildman–Crippen MR) is 229 cm³/mol. The molecule has 0 atom stereocenters. The molecule has 258 valence electrons. The number of fused-ring (bicyclic) bond motifs is 5. The molecule has 0 bridgehead atoms. The van der Waals surface area contributed by atoms with Crippen LogP contribution >= 0.6 is 0 Å². The van der Waals surface area contributed by atoms with Crippen LogP contribution in [-0.2, 0) is 0 Å². The molecular weight excluding hydrogens is 669 g/mol. The molecule has 10 rings (SSSR count). The summed E-state index contributed by atoms with van der Waals surface area (Å²) in [4.78, 5) is 18.1. The van der Waals surface area contributed by atoms with E-state index in [4.69, 9.17) is 15.0 Å². The molecule has 10 aromatic rings. The van der Waals surface area contributed by atoms with Gasteiger partial charge in [0.15, 0.2) is 5.82 Å². The van der Waals surface area contributed by atoms with Gasteiger partial charge in [0.25, 0.3) is 0 Å². The van der Waals surface area contributed by atoms with E-state index in [1.165, 1.54) is 16.2 Å². The maximum Gasteiger partial charge on any atom is 0.160 e. The number of benzene rings is 8. The zero-order valence-electron chi connectivity index (χ0n) is 29.9. The van der Waals surface area contributed by atoms with E-state index in [0.29, 0.717) is 5.82 Å². The van der Waals surface area contributed by atoms with Crippen LogP contribution in [0.25, 0.3) is 77.6 Å². The SMILES string of the molecule is c1ccc(-c2cc(-c3cccc(-c4nc5c(N(c6ccccc6)c6ccccc6)cccc5c5c4ccc4ccccc45)c3)nc(-c3ccccc3)n2)cc1. The second-order valence-electron chi connectivity index (χ2n) is 13.6. The Hall–Kier alpha value is -7.43. The van der Waals surface area contributed by atoms with E-state index in [9.17, 15) is 0 Å². The summed E-state index contributed by atoms with van der Waals surface area (Å²) < 4.78 is 0. The van der Waals surface area contributed by atoms with E-state index in [1.54, 1.807) is 0 Å². The van der Waals surface area contributed by atoms with Gasteiger partial charge in [-0.15, -0.1) is 0 Å². The summed E-state index contributed by atoms with van der Waals surface area (Å²) in [7, 11) is 0. The normalized spacial score (nSPS) is 11.3. The van der Waals surface area contributed by atoms with E-state index < -0.39 is 0 Å². The minimum atomic E-state index is 0.690. The summed E-state index contributed by atoms with van der Waals surface area (Å²) in [5.41, 5.74) is 10.8. The largest absolute Gasteiger partial charge is 0.308 e. The van der Waals surface area contributed by atoms with Gasteiger partial charge in [0.05, 0.1) is 28.3 Å². The Morgan fingerprint density at radius 3 is 1.60 bits per heavy atom. The quantitative estimate of drug-likeness (QED) is 0.155. The lowest BCUT2D eigenvalue weighted by Crippen LogP contribution is -2.11. The number of hydrogen-bond donors (Lipinski definition) is 0. The van der Waals surface area contributed by atoms with E-state index >= 15 is 0 Å². The molecule has 8 aromatic carbocycles. The molecule has 0 aliphatic heterocycles. The topological polar surface area (TPSA) is 41.9 Å². The molecule has 0 N–H and O–H groups in total. The first-order chi connectivity index (χ1) is 27.3. The van der Waals surface area contributed by atoms with Crippen LogP contribution in [0, 0.1) is 0 Å². The molecule has 0 aliphatic rings. The highest BCUT2D eigenvalue weighted by Crippen LogP contribution is 2.44. The van der Waals surface area contributed by atoms with Crippen LogP contribution in [0.2, 0.25) is 0 Å². The highest BCUT2D eigenvalue weighted by molar-refractivity contribution is 6.24. The van der Waals surface area contributed by atoms with E-state index in [0.717, 1.165) is 72.7 Å². The number of anilines is 3. The lowest BCUT2D eigenvalue weighted by atomic mass is 9.94. The molecule has 2 aromatic heterocycles. The smallest absolute Gasteiger partial charge is 0.160 e. The first kappa shape index (κ1) is 32.2. The van der Waals surface area contributed by atoms with Gasteiger partial charge in [0.2, 0.25) is 0 Å². The average Bonchev–Trinajstić information content (AvgIpc) is 3.27. The van der Waals surface area contributed by atoms with Crippen LogP contribution < -0.4 is 4.90 Å². The maximum absolute atomic E-state index is 5.64. The minimum absolute atomic E-state index is 0.690. The molecule has 0 saturated carbocycles. The molecule has 2 heterocycles. The van der Waals surface area contributed by atoms with Gasteiger partial charge in [0, 0.05) is 49.8 Å². The Kier molecular flexibility index (Phi) is 8.12. The van der Waals surface area contributed by atoms with Crippen molar-refractivity contribution in [3.05, 3.63) is 206 Å². The second kappa shape index (κ2) is 13.8. The predicted octanol–water partition coefficient (Wildman–Crippen LogP) is 13.5. The van der Waals surface area contributed by atoms with Crippen molar-refractivity contribution in [2.24, 2.45) is 0 Å². The molecule has 0 spiro atoms. The number of pyridine rings is 1. The summed E-state index contributed by atoms with van der Waals surface area (Å²) in [5, 5.41) is 5.79. The third kappa shape index (κ3) is 5.96. The van der Waals surface area contributed by atoms with Gasteiger partial charge in [-0.1, -0.05) is 164 Å². The minimum Gasteiger partial charge on any atom is -0.308 e. The molecule has 0 unspecified atom stereocenters. The van der Waals surface area contributed by atoms with Crippen molar-refractivity contribution < 1.29 is 0 Å². The fourth-order valence-corrected chi connectivity index (χ4v) is 7.66. The zero-order valence-corrected chi connectivity index (χ0v) is 29.9. The van der Waals surface area contributed by atoms with Crippen molar-refractivity contribution in [2.45, 2.75) is 0 Å². The highest BCUT2D eigenvalue weighted by atomic mass is 15.1. The summed E-state index contributed by atoms with van der Waals surface area (Å²) in [6.45, 7) is 0. The lowest BCUT2D eigenvalue weighted by Gasteiger charge is -2.27. The molecule has 0 aliphatic carbocycles. The van der Waals surface area contributed by atoms with Crippen molar-refractivity contribution in [3.63, 3.8) is 0 Å². The van der Waals surface area contributed by atoms with Crippen molar-refractivity contribution in [1.82, 2.24) is 15.0 Å². The van der Waals surface area contributed by atoms with Crippen molar-refractivity contribution in [3.8, 4) is 45.2 Å². The number of aromatic nitrogens is 3. The molecule has 0 amide bonds. The van der Waals surface area contributed by atoms with Crippen molar-refractivity contribution in [2.75, 3.05) is 4.90 Å². The molecule has 55 heavy (non-hydrogen) atoms. The van der Waals surface area contributed by atoms with Crippen LogP contribution in [0.5, 0.6) is 0 Å². The number of hydrogen-bond acceptors (Lipinski definition) is 4. The highest BCUT2D eigenvalue weighted by Gasteiger charge is 2.21. The fourth-order valence-electron chi connectivity index (χ4n) is 7.66. The summed E-state index contributed by atoms with van der Waals surface area (Å²) >= 11 is 0. The Morgan fingerprint density at radius 2 is 0.891 bits per heavy atom. The van der Waals surface area contributed by atoms with Crippen LogP contribution in [0.4, 0.5) is 17.1 Å². The van der Waals surface area contributed by atoms with Crippen LogP contribution in [0.15, 0.2) is 206 Å². The van der Waals surface area contributed by atoms with Gasteiger partial charge in [-0.3, -0.25) is 0 Å². The monoisotopic (exact) mass is 702 g/mol. The Bertz CT molecular complexity index is 2870. The van der Waals surface area contributed by atoms with Crippen molar-refractivity contribution >= 4 is 49.5 Å². The Balaban J connectivity index is 1.23. The van der Waals surface area contributed by atoms with E-state index in [2.05, 4.69) is 175 Å². The second-order valence-corrected chi connectivity index (χ2v) is 13.6. The number of nitrogens with zero attached hydrogens (tertiary/aromatic N) is 4. The lowest BCUT2D eigenvalue weighted by molar-refractivity contribution is 1.18. The Morgan fingerprint density at radius 1 is 0.345 bits per heavy atom. The van der Waals surface area contributed by atoms with Gasteiger partial charge >= 0.3 is 0 Å². The average molecular weight is 703 g/mol. The molecule has 0 saturated heterocycles. The zero-order chi connectivity index (χ0) is 36.6. The standard InChI is InChI=1S/C51H34N4/c1-5-18-36(19-6-1)45-34-46(53-51(52-45)37-20-7-2-8-21-37)38-22-15-23-39(33-38)49-44-32-31-35-17-13-14-28-42(35)48(44)43-29-16-30-47(50(43)54-49)55(40-24-9-3-10-25-40)41-26-11-4-12-27-41/h1-34H. The first-order valence-electron chi connectivity index (χ1n) is 18.5. The molecule has 0 radical (unpaired) electrons. The number of para-hydroxylation sites is 3. The molecule has 4 nitrogen and oxygen atoms in total. The van der Waals surface area contributed by atoms with Gasteiger partial charge < -0.3 is 4.90 Å². The van der Waals surface area contributed by atoms with Crippen molar-refractivity contribution in [1.29, 1.82) is 0 Å². The van der Waals surface area contributed by atoms with Gasteiger partial charge in [-0.2, -0.15) is 0 Å². The van der Waals surface area contributed by atoms with Crippen LogP contribution in [0.3, 0.4) is 0 Å². The van der Waals surface area contributed by atoms with Gasteiger partial charge in [-0.25, -0.2) is 15.0 Å². The summed E-state index contributed by atoms with van der Waals surface area (Å²) in [6, 6.07) is 72.0. The molecule has 4 heteroatoms. The molecular formula is C51H34N4. The first-order valence-corrected chi connectivity index (χ1v) is 18.5.